The number of hydrogen-bond donors (Lipinski definition) is 3. The van der Waals surface area contributed by atoms with Gasteiger partial charge in [0.25, 0.3) is 0 Å². The summed E-state index contributed by atoms with van der Waals surface area (Å²) in [6.45, 7) is 3.82. The molecule has 37 heavy (non-hydrogen) atoms. The normalized spacial score (nSPS) is 25.7. The van der Waals surface area contributed by atoms with Crippen molar-refractivity contribution < 1.29 is 24.4 Å². The van der Waals surface area contributed by atoms with Crippen molar-refractivity contribution in [1.29, 1.82) is 0 Å². The Balaban J connectivity index is 1.59. The molecule has 6 atom stereocenters. The number of benzene rings is 3. The predicted molar refractivity (Wildman–Crippen MR) is 144 cm³/mol. The Labute approximate surface area is 220 Å². The van der Waals surface area contributed by atoms with Gasteiger partial charge in [0, 0.05) is 0 Å². The molecule has 0 spiro atoms. The quantitative estimate of drug-likeness (QED) is 0.302. The fourth-order valence-electron chi connectivity index (χ4n) is 4.75. The van der Waals surface area contributed by atoms with Gasteiger partial charge in [0.15, 0.2) is 0 Å². The zero-order chi connectivity index (χ0) is 25.9. The molecule has 0 unspecified atom stereocenters. The molecule has 0 aliphatic heterocycles. The molecule has 1 aliphatic rings. The summed E-state index contributed by atoms with van der Waals surface area (Å²) in [4.78, 5) is 0. The van der Waals surface area contributed by atoms with E-state index in [1.807, 2.05) is 91.0 Å². The number of hydrogen-bond acceptors (Lipinski definition) is 6. The van der Waals surface area contributed by atoms with Crippen molar-refractivity contribution in [2.45, 2.75) is 76.1 Å². The van der Waals surface area contributed by atoms with Gasteiger partial charge in [-0.05, 0) is 29.7 Å². The lowest BCUT2D eigenvalue weighted by Crippen LogP contribution is -2.69. The Morgan fingerprint density at radius 3 is 1.49 bits per heavy atom. The second-order valence-electron chi connectivity index (χ2n) is 9.60. The molecule has 6 heteroatoms. The lowest BCUT2D eigenvalue weighted by molar-refractivity contribution is -0.238. The Bertz CT molecular complexity index is 1020. The highest BCUT2D eigenvalue weighted by molar-refractivity contribution is 5.16. The van der Waals surface area contributed by atoms with Crippen LogP contribution < -0.4 is 5.32 Å². The van der Waals surface area contributed by atoms with Crippen LogP contribution in [0.15, 0.2) is 91.0 Å². The van der Waals surface area contributed by atoms with Crippen LogP contribution in [0.25, 0.3) is 0 Å². The molecule has 198 valence electrons. The summed E-state index contributed by atoms with van der Waals surface area (Å²) in [6.07, 6.45) is -2.16. The van der Waals surface area contributed by atoms with E-state index in [0.717, 1.165) is 29.5 Å². The molecule has 1 saturated carbocycles. The monoisotopic (exact) mass is 505 g/mol. The van der Waals surface area contributed by atoms with E-state index in [2.05, 4.69) is 12.2 Å². The topological polar surface area (TPSA) is 80.2 Å². The number of rotatable bonds is 13. The van der Waals surface area contributed by atoms with Gasteiger partial charge in [-0.2, -0.15) is 0 Å². The molecule has 0 aromatic heterocycles. The highest BCUT2D eigenvalue weighted by Crippen LogP contribution is 2.30. The van der Waals surface area contributed by atoms with E-state index in [9.17, 15) is 10.2 Å². The number of aliphatic hydroxyl groups excluding tert-OH is 2. The molecule has 4 rings (SSSR count). The summed E-state index contributed by atoms with van der Waals surface area (Å²) in [5.74, 6) is 0. The average Bonchev–Trinajstić information content (AvgIpc) is 2.95. The fourth-order valence-corrected chi connectivity index (χ4v) is 4.75. The Morgan fingerprint density at radius 1 is 0.595 bits per heavy atom. The molecule has 3 aromatic rings. The van der Waals surface area contributed by atoms with Gasteiger partial charge < -0.3 is 29.7 Å². The minimum atomic E-state index is -1.14. The van der Waals surface area contributed by atoms with Crippen molar-refractivity contribution in [3.8, 4) is 0 Å². The Hall–Kier alpha value is -2.58. The lowest BCUT2D eigenvalue weighted by Gasteiger charge is -2.47. The molecule has 0 radical (unpaired) electrons. The first-order valence-electron chi connectivity index (χ1n) is 13.2. The van der Waals surface area contributed by atoms with Crippen molar-refractivity contribution in [2.24, 2.45) is 0 Å². The highest BCUT2D eigenvalue weighted by Gasteiger charge is 2.51. The van der Waals surface area contributed by atoms with Gasteiger partial charge in [0.1, 0.15) is 30.5 Å². The molecule has 0 amide bonds. The van der Waals surface area contributed by atoms with E-state index in [4.69, 9.17) is 14.2 Å². The number of nitrogens with one attached hydrogen (secondary N) is 1. The van der Waals surface area contributed by atoms with Crippen molar-refractivity contribution in [2.75, 3.05) is 6.54 Å². The zero-order valence-corrected chi connectivity index (χ0v) is 21.5. The highest BCUT2D eigenvalue weighted by atomic mass is 16.6. The molecule has 3 aromatic carbocycles. The van der Waals surface area contributed by atoms with Gasteiger partial charge in [-0.25, -0.2) is 0 Å². The van der Waals surface area contributed by atoms with Crippen LogP contribution in [-0.2, 0) is 34.0 Å². The summed E-state index contributed by atoms with van der Waals surface area (Å²) in [5, 5.41) is 26.0. The van der Waals surface area contributed by atoms with Crippen molar-refractivity contribution in [1.82, 2.24) is 5.32 Å². The number of aliphatic hydroxyl groups is 2. The molecular weight excluding hydrogens is 466 g/mol. The van der Waals surface area contributed by atoms with Crippen LogP contribution in [0, 0.1) is 0 Å². The van der Waals surface area contributed by atoms with Gasteiger partial charge in [-0.3, -0.25) is 0 Å². The van der Waals surface area contributed by atoms with Gasteiger partial charge in [0.2, 0.25) is 0 Å². The summed E-state index contributed by atoms with van der Waals surface area (Å²) >= 11 is 0. The van der Waals surface area contributed by atoms with Crippen LogP contribution in [0.5, 0.6) is 0 Å². The van der Waals surface area contributed by atoms with Gasteiger partial charge >= 0.3 is 0 Å². The molecule has 6 nitrogen and oxygen atoms in total. The second kappa shape index (κ2) is 14.4. The Kier molecular flexibility index (Phi) is 10.7. The first-order chi connectivity index (χ1) is 18.2. The van der Waals surface area contributed by atoms with E-state index >= 15 is 0 Å². The van der Waals surface area contributed by atoms with Gasteiger partial charge in [-0.15, -0.1) is 0 Å². The van der Waals surface area contributed by atoms with Crippen LogP contribution in [0.4, 0.5) is 0 Å². The lowest BCUT2D eigenvalue weighted by atomic mass is 9.82. The van der Waals surface area contributed by atoms with Crippen LogP contribution in [0.2, 0.25) is 0 Å². The largest absolute Gasteiger partial charge is 0.389 e. The molecule has 1 fully saturated rings. The van der Waals surface area contributed by atoms with Crippen LogP contribution in [0.3, 0.4) is 0 Å². The van der Waals surface area contributed by atoms with Crippen molar-refractivity contribution >= 4 is 0 Å². The van der Waals surface area contributed by atoms with E-state index in [1.54, 1.807) is 0 Å². The summed E-state index contributed by atoms with van der Waals surface area (Å²) in [6, 6.07) is 29.2. The van der Waals surface area contributed by atoms with Crippen LogP contribution >= 0.6 is 0 Å². The van der Waals surface area contributed by atoms with Gasteiger partial charge in [-0.1, -0.05) is 104 Å². The van der Waals surface area contributed by atoms with Crippen LogP contribution in [-0.4, -0.2) is 53.3 Å². The number of unbranched alkanes of at least 4 members (excludes halogenated alkanes) is 1. The average molecular weight is 506 g/mol. The maximum Gasteiger partial charge on any atom is 0.115 e. The van der Waals surface area contributed by atoms with Crippen LogP contribution in [0.1, 0.15) is 36.5 Å². The summed E-state index contributed by atoms with van der Waals surface area (Å²) in [5.41, 5.74) is 3.03. The minimum absolute atomic E-state index is 0.291. The summed E-state index contributed by atoms with van der Waals surface area (Å²) in [7, 11) is 0. The van der Waals surface area contributed by atoms with E-state index in [1.165, 1.54) is 0 Å². The maximum absolute atomic E-state index is 11.3. The third-order valence-electron chi connectivity index (χ3n) is 6.82. The second-order valence-corrected chi connectivity index (χ2v) is 9.60. The SMILES string of the molecule is CCCCN[C@H]1[C@H](O)[C@H](O)[C@@H](OCc2ccccc2)[C@H](OCc2ccccc2)[C@H]1OCc1ccccc1. The third-order valence-corrected chi connectivity index (χ3v) is 6.82. The first kappa shape index (κ1) is 27.5. The number of ether oxygens (including phenoxy) is 3. The molecule has 3 N–H and O–H groups in total. The molecule has 1 aliphatic carbocycles. The molecule has 0 bridgehead atoms. The van der Waals surface area contributed by atoms with E-state index in [-0.39, 0.29) is 0 Å². The Morgan fingerprint density at radius 2 is 1.03 bits per heavy atom. The predicted octanol–water partition coefficient (Wildman–Crippen LogP) is 4.24. The zero-order valence-electron chi connectivity index (χ0n) is 21.5. The standard InChI is InChI=1S/C31H39NO5/c1-2-3-19-32-26-27(33)28(34)30(36-21-24-15-9-5-10-16-24)31(37-22-25-17-11-6-12-18-25)29(26)35-20-23-13-7-4-8-14-23/h4-18,26-34H,2-3,19-22H2,1H3/t26-,27-,28-,29-,30+,31+/m0/s1. The molecule has 0 saturated heterocycles. The van der Waals surface area contributed by atoms with Crippen molar-refractivity contribution in [3.63, 3.8) is 0 Å². The van der Waals surface area contributed by atoms with E-state index < -0.39 is 36.6 Å². The summed E-state index contributed by atoms with van der Waals surface area (Å²) < 4.78 is 19.2. The van der Waals surface area contributed by atoms with Crippen molar-refractivity contribution in [3.05, 3.63) is 108 Å². The van der Waals surface area contributed by atoms with E-state index in [0.29, 0.717) is 26.4 Å². The minimum Gasteiger partial charge on any atom is -0.389 e. The van der Waals surface area contributed by atoms with Gasteiger partial charge in [0.05, 0.1) is 25.9 Å². The third kappa shape index (κ3) is 7.71. The molecular formula is C31H39NO5. The fraction of sp³-hybridized carbons (Fsp3) is 0.419. The first-order valence-corrected chi connectivity index (χ1v) is 13.2. The molecule has 0 heterocycles. The smallest absolute Gasteiger partial charge is 0.115 e. The maximum atomic E-state index is 11.3.